The van der Waals surface area contributed by atoms with Gasteiger partial charge in [-0.2, -0.15) is 0 Å². The Labute approximate surface area is 117 Å². The van der Waals surface area contributed by atoms with Gasteiger partial charge in [0.05, 0.1) is 0 Å². The highest BCUT2D eigenvalue weighted by Gasteiger charge is 2.36. The van der Waals surface area contributed by atoms with Gasteiger partial charge >= 0.3 is 5.97 Å². The van der Waals surface area contributed by atoms with E-state index >= 15 is 0 Å². The Bertz CT molecular complexity index is 516. The number of likely N-dealkylation sites (tertiary alicyclic amines) is 1. The summed E-state index contributed by atoms with van der Waals surface area (Å²) in [5.74, 6) is -1.49. The zero-order valence-corrected chi connectivity index (χ0v) is 11.6. The highest BCUT2D eigenvalue weighted by atomic mass is 19.1. The number of ether oxygens (including phenoxy) is 1. The first-order valence-corrected chi connectivity index (χ1v) is 6.77. The molecule has 1 fully saturated rings. The molecule has 1 atom stereocenters. The van der Waals surface area contributed by atoms with Crippen molar-refractivity contribution >= 4 is 11.9 Å². The third kappa shape index (κ3) is 2.98. The van der Waals surface area contributed by atoms with Crippen LogP contribution < -0.4 is 4.74 Å². The van der Waals surface area contributed by atoms with Crippen LogP contribution in [-0.2, 0) is 9.59 Å². The lowest BCUT2D eigenvalue weighted by Gasteiger charge is -2.24. The first-order valence-electron chi connectivity index (χ1n) is 6.77. The third-order valence-electron chi connectivity index (χ3n) is 3.35. The minimum atomic E-state index is -0.607. The molecule has 108 valence electrons. The molecule has 1 heterocycles. The molecule has 0 bridgehead atoms. The monoisotopic (exact) mass is 279 g/mol. The highest BCUT2D eigenvalue weighted by Crippen LogP contribution is 2.23. The second kappa shape index (κ2) is 6.03. The lowest BCUT2D eigenvalue weighted by atomic mass is 10.1. The molecule has 1 aromatic carbocycles. The number of benzene rings is 1. The van der Waals surface area contributed by atoms with Crippen LogP contribution in [0.1, 0.15) is 26.7 Å². The average molecular weight is 279 g/mol. The van der Waals surface area contributed by atoms with Crippen LogP contribution in [0.25, 0.3) is 0 Å². The number of hydrogen-bond acceptors (Lipinski definition) is 3. The van der Waals surface area contributed by atoms with E-state index in [2.05, 4.69) is 0 Å². The standard InChI is InChI=1S/C15H18FNO3/c1-10(2)14(18)17-9-5-7-12(17)15(19)20-13-8-4-3-6-11(13)16/h3-4,6,8,10,12H,5,7,9H2,1-2H3. The van der Waals surface area contributed by atoms with Gasteiger partial charge in [0.2, 0.25) is 5.91 Å². The number of para-hydroxylation sites is 1. The summed E-state index contributed by atoms with van der Waals surface area (Å²) < 4.78 is 18.5. The molecule has 1 aliphatic rings. The van der Waals surface area contributed by atoms with Crippen molar-refractivity contribution in [2.45, 2.75) is 32.7 Å². The summed E-state index contributed by atoms with van der Waals surface area (Å²) in [7, 11) is 0. The van der Waals surface area contributed by atoms with Crippen LogP contribution in [0.3, 0.4) is 0 Å². The predicted octanol–water partition coefficient (Wildman–Crippen LogP) is 2.38. The lowest BCUT2D eigenvalue weighted by molar-refractivity contribution is -0.147. The summed E-state index contributed by atoms with van der Waals surface area (Å²) in [6.07, 6.45) is 1.32. The number of rotatable bonds is 3. The van der Waals surface area contributed by atoms with Crippen LogP contribution in [0.15, 0.2) is 24.3 Å². The zero-order chi connectivity index (χ0) is 14.7. The van der Waals surface area contributed by atoms with E-state index < -0.39 is 17.8 Å². The smallest absolute Gasteiger partial charge is 0.334 e. The van der Waals surface area contributed by atoms with Crippen molar-refractivity contribution in [3.05, 3.63) is 30.1 Å². The van der Waals surface area contributed by atoms with Gasteiger partial charge in [0.15, 0.2) is 11.6 Å². The lowest BCUT2D eigenvalue weighted by Crippen LogP contribution is -2.44. The maximum Gasteiger partial charge on any atom is 0.334 e. The molecule has 0 radical (unpaired) electrons. The van der Waals surface area contributed by atoms with Crippen molar-refractivity contribution in [1.82, 2.24) is 4.90 Å². The Hall–Kier alpha value is -1.91. The topological polar surface area (TPSA) is 46.6 Å². The van der Waals surface area contributed by atoms with Gasteiger partial charge < -0.3 is 9.64 Å². The molecule has 1 unspecified atom stereocenters. The average Bonchev–Trinajstić information content (AvgIpc) is 2.89. The Morgan fingerprint density at radius 1 is 1.35 bits per heavy atom. The number of halogens is 1. The Balaban J connectivity index is 2.09. The van der Waals surface area contributed by atoms with E-state index in [1.165, 1.54) is 23.1 Å². The first-order chi connectivity index (χ1) is 9.50. The summed E-state index contributed by atoms with van der Waals surface area (Å²) in [6, 6.07) is 5.14. The maximum absolute atomic E-state index is 13.5. The van der Waals surface area contributed by atoms with Gasteiger partial charge in [-0.1, -0.05) is 26.0 Å². The minimum Gasteiger partial charge on any atom is -0.422 e. The number of esters is 1. The van der Waals surface area contributed by atoms with Gasteiger partial charge in [-0.3, -0.25) is 4.79 Å². The molecule has 20 heavy (non-hydrogen) atoms. The second-order valence-corrected chi connectivity index (χ2v) is 5.20. The zero-order valence-electron chi connectivity index (χ0n) is 11.6. The largest absolute Gasteiger partial charge is 0.422 e. The fraction of sp³-hybridized carbons (Fsp3) is 0.467. The van der Waals surface area contributed by atoms with E-state index in [0.29, 0.717) is 13.0 Å². The number of hydrogen-bond donors (Lipinski definition) is 0. The fourth-order valence-corrected chi connectivity index (χ4v) is 2.31. The van der Waals surface area contributed by atoms with Crippen molar-refractivity contribution in [2.24, 2.45) is 5.92 Å². The third-order valence-corrected chi connectivity index (χ3v) is 3.35. The Kier molecular flexibility index (Phi) is 4.37. The molecular formula is C15H18FNO3. The van der Waals surface area contributed by atoms with Crippen LogP contribution in [0.2, 0.25) is 0 Å². The van der Waals surface area contributed by atoms with E-state index in [1.807, 2.05) is 0 Å². The van der Waals surface area contributed by atoms with Crippen LogP contribution in [0, 0.1) is 11.7 Å². The van der Waals surface area contributed by atoms with Gasteiger partial charge in [0.1, 0.15) is 6.04 Å². The van der Waals surface area contributed by atoms with Crippen molar-refractivity contribution in [2.75, 3.05) is 6.54 Å². The molecule has 0 N–H and O–H groups in total. The van der Waals surface area contributed by atoms with Crippen LogP contribution in [-0.4, -0.2) is 29.4 Å². The van der Waals surface area contributed by atoms with E-state index in [-0.39, 0.29) is 17.6 Å². The number of nitrogens with zero attached hydrogens (tertiary/aromatic N) is 1. The van der Waals surface area contributed by atoms with Crippen LogP contribution >= 0.6 is 0 Å². The molecule has 5 heteroatoms. The molecule has 2 rings (SSSR count). The molecule has 0 aliphatic carbocycles. The Morgan fingerprint density at radius 2 is 2.05 bits per heavy atom. The van der Waals surface area contributed by atoms with Gasteiger partial charge in [-0.15, -0.1) is 0 Å². The summed E-state index contributed by atoms with van der Waals surface area (Å²) in [6.45, 7) is 4.13. The molecule has 1 amide bonds. The molecule has 0 saturated carbocycles. The van der Waals surface area contributed by atoms with Gasteiger partial charge in [-0.25, -0.2) is 9.18 Å². The molecule has 1 aromatic rings. The predicted molar refractivity (Wildman–Crippen MR) is 71.6 cm³/mol. The summed E-state index contributed by atoms with van der Waals surface area (Å²) in [5.41, 5.74) is 0. The quantitative estimate of drug-likeness (QED) is 0.630. The SMILES string of the molecule is CC(C)C(=O)N1CCCC1C(=O)Oc1ccccc1F. The molecular weight excluding hydrogens is 261 g/mol. The van der Waals surface area contributed by atoms with Crippen LogP contribution in [0.5, 0.6) is 5.75 Å². The Morgan fingerprint density at radius 3 is 2.70 bits per heavy atom. The van der Waals surface area contributed by atoms with Gasteiger partial charge in [0, 0.05) is 12.5 Å². The summed E-state index contributed by atoms with van der Waals surface area (Å²) in [5, 5.41) is 0. The minimum absolute atomic E-state index is 0.0713. The fourth-order valence-electron chi connectivity index (χ4n) is 2.31. The van der Waals surface area contributed by atoms with E-state index in [0.717, 1.165) is 6.42 Å². The van der Waals surface area contributed by atoms with Crippen molar-refractivity contribution in [3.63, 3.8) is 0 Å². The normalized spacial score (nSPS) is 18.4. The molecule has 1 saturated heterocycles. The molecule has 4 nitrogen and oxygen atoms in total. The number of amides is 1. The van der Waals surface area contributed by atoms with Crippen LogP contribution in [0.4, 0.5) is 4.39 Å². The second-order valence-electron chi connectivity index (χ2n) is 5.20. The maximum atomic E-state index is 13.5. The van der Waals surface area contributed by atoms with Gasteiger partial charge in [0.25, 0.3) is 0 Å². The van der Waals surface area contributed by atoms with E-state index in [1.54, 1.807) is 19.9 Å². The summed E-state index contributed by atoms with van der Waals surface area (Å²) >= 11 is 0. The van der Waals surface area contributed by atoms with Crippen molar-refractivity contribution < 1.29 is 18.7 Å². The molecule has 1 aliphatic heterocycles. The highest BCUT2D eigenvalue weighted by molar-refractivity contribution is 5.87. The van der Waals surface area contributed by atoms with Crippen molar-refractivity contribution in [3.8, 4) is 5.75 Å². The molecule has 0 aromatic heterocycles. The van der Waals surface area contributed by atoms with Crippen molar-refractivity contribution in [1.29, 1.82) is 0 Å². The van der Waals surface area contributed by atoms with Gasteiger partial charge in [-0.05, 0) is 25.0 Å². The first kappa shape index (κ1) is 14.5. The van der Waals surface area contributed by atoms with E-state index in [4.69, 9.17) is 4.74 Å². The number of carbonyl (C=O) groups is 2. The van der Waals surface area contributed by atoms with E-state index in [9.17, 15) is 14.0 Å². The summed E-state index contributed by atoms with van der Waals surface area (Å²) in [4.78, 5) is 25.7. The number of carbonyl (C=O) groups excluding carboxylic acids is 2. The molecule has 0 spiro atoms.